The van der Waals surface area contributed by atoms with E-state index in [1.807, 2.05) is 6.07 Å². The number of nitrogens with one attached hydrogen (secondary N) is 1. The van der Waals surface area contributed by atoms with Crippen molar-refractivity contribution in [3.8, 4) is 11.5 Å². The molecule has 0 radical (unpaired) electrons. The van der Waals surface area contributed by atoms with Gasteiger partial charge in [-0.15, -0.1) is 0 Å². The van der Waals surface area contributed by atoms with Crippen LogP contribution in [0.2, 0.25) is 5.02 Å². The molecule has 8 nitrogen and oxygen atoms in total. The van der Waals surface area contributed by atoms with Crippen molar-refractivity contribution in [1.82, 2.24) is 4.90 Å². The lowest BCUT2D eigenvalue weighted by molar-refractivity contribution is -0.138. The van der Waals surface area contributed by atoms with Crippen molar-refractivity contribution in [1.29, 1.82) is 0 Å². The maximum Gasteiger partial charge on any atom is 0.356 e. The van der Waals surface area contributed by atoms with Crippen LogP contribution in [0.3, 0.4) is 0 Å². The van der Waals surface area contributed by atoms with Gasteiger partial charge in [0.05, 0.1) is 38.4 Å². The topological polar surface area (TPSA) is 89.5 Å². The molecule has 0 unspecified atom stereocenters. The van der Waals surface area contributed by atoms with Crippen LogP contribution in [-0.2, 0) is 16.1 Å². The third-order valence-corrected chi connectivity index (χ3v) is 5.00. The van der Waals surface area contributed by atoms with Gasteiger partial charge in [0.2, 0.25) is 0 Å². The molecular formula is C23H24ClN3O5. The Morgan fingerprint density at radius 1 is 1.19 bits per heavy atom. The summed E-state index contributed by atoms with van der Waals surface area (Å²) in [4.78, 5) is 31.5. The van der Waals surface area contributed by atoms with Crippen LogP contribution in [0, 0.1) is 0 Å². The average Bonchev–Trinajstić information content (AvgIpc) is 2.80. The number of methoxy groups -OCH3 is 2. The third kappa shape index (κ3) is 5.39. The summed E-state index contributed by atoms with van der Waals surface area (Å²) in [6, 6.07) is 10.3. The monoisotopic (exact) mass is 457 g/mol. The Labute approximate surface area is 191 Å². The smallest absolute Gasteiger partial charge is 0.356 e. The summed E-state index contributed by atoms with van der Waals surface area (Å²) in [7, 11) is 3.12. The minimum Gasteiger partial charge on any atom is -0.497 e. The number of rotatable bonds is 6. The summed E-state index contributed by atoms with van der Waals surface area (Å²) in [5.41, 5.74) is 1.76. The fraction of sp³-hybridized carbons (Fsp3) is 0.261. The highest BCUT2D eigenvalue weighted by Gasteiger charge is 2.22. The summed E-state index contributed by atoms with van der Waals surface area (Å²) < 4.78 is 15.8. The quantitative estimate of drug-likeness (QED) is 0.662. The second kappa shape index (κ2) is 10.7. The lowest BCUT2D eigenvalue weighted by Crippen LogP contribution is -2.32. The van der Waals surface area contributed by atoms with E-state index in [1.54, 1.807) is 62.5 Å². The molecule has 168 valence electrons. The Kier molecular flexibility index (Phi) is 7.72. The second-order valence-corrected chi connectivity index (χ2v) is 7.20. The van der Waals surface area contributed by atoms with Gasteiger partial charge < -0.3 is 24.4 Å². The van der Waals surface area contributed by atoms with Crippen LogP contribution in [0.1, 0.15) is 22.8 Å². The van der Waals surface area contributed by atoms with E-state index in [4.69, 9.17) is 25.8 Å². The molecule has 32 heavy (non-hydrogen) atoms. The maximum atomic E-state index is 13.5. The van der Waals surface area contributed by atoms with Crippen molar-refractivity contribution in [3.63, 3.8) is 0 Å². The van der Waals surface area contributed by atoms with E-state index in [2.05, 4.69) is 10.3 Å². The number of hydrogen-bond donors (Lipinski definition) is 1. The van der Waals surface area contributed by atoms with E-state index in [9.17, 15) is 9.59 Å². The molecule has 0 atom stereocenters. The normalized spacial score (nSPS) is 13.6. The lowest BCUT2D eigenvalue weighted by Gasteiger charge is -2.24. The first-order valence-electron chi connectivity index (χ1n) is 9.92. The van der Waals surface area contributed by atoms with Gasteiger partial charge in [-0.25, -0.2) is 9.79 Å². The molecule has 1 aliphatic rings. The fourth-order valence-electron chi connectivity index (χ4n) is 3.16. The van der Waals surface area contributed by atoms with Gasteiger partial charge >= 0.3 is 5.97 Å². The highest BCUT2D eigenvalue weighted by Crippen LogP contribution is 2.28. The van der Waals surface area contributed by atoms with E-state index in [1.165, 1.54) is 6.34 Å². The third-order valence-electron chi connectivity index (χ3n) is 4.77. The van der Waals surface area contributed by atoms with Crippen molar-refractivity contribution in [2.75, 3.05) is 32.7 Å². The van der Waals surface area contributed by atoms with E-state index in [0.29, 0.717) is 27.8 Å². The number of esters is 1. The highest BCUT2D eigenvalue weighted by molar-refractivity contribution is 6.31. The largest absolute Gasteiger partial charge is 0.497 e. The molecule has 9 heteroatoms. The Bertz CT molecular complexity index is 1070. The van der Waals surface area contributed by atoms with Crippen LogP contribution in [0.25, 0.3) is 0 Å². The number of aliphatic imine (C=N–C) groups is 1. The second-order valence-electron chi connectivity index (χ2n) is 6.77. The van der Waals surface area contributed by atoms with Crippen molar-refractivity contribution in [2.24, 2.45) is 4.99 Å². The SMILES string of the molecule is CCOC(=O)C1=CCN(Cc2ccc(OC)cc2OC)C(=O)c2cc(Cl)ccc2NC=N1. The van der Waals surface area contributed by atoms with E-state index in [0.717, 1.165) is 5.56 Å². The highest BCUT2D eigenvalue weighted by atomic mass is 35.5. The Morgan fingerprint density at radius 3 is 2.72 bits per heavy atom. The number of carbonyl (C=O) groups excluding carboxylic acids is 2. The van der Waals surface area contributed by atoms with Crippen LogP contribution >= 0.6 is 11.6 Å². The van der Waals surface area contributed by atoms with Crippen molar-refractivity contribution < 1.29 is 23.8 Å². The summed E-state index contributed by atoms with van der Waals surface area (Å²) in [6.45, 7) is 2.26. The first-order valence-corrected chi connectivity index (χ1v) is 10.3. The molecule has 2 aromatic carbocycles. The zero-order valence-corrected chi connectivity index (χ0v) is 18.8. The molecule has 0 aromatic heterocycles. The summed E-state index contributed by atoms with van der Waals surface area (Å²) in [5.74, 6) is 0.365. The van der Waals surface area contributed by atoms with Crippen LogP contribution < -0.4 is 14.8 Å². The summed E-state index contributed by atoms with van der Waals surface area (Å²) in [5, 5.41) is 3.38. The van der Waals surface area contributed by atoms with Crippen LogP contribution in [0.5, 0.6) is 11.5 Å². The first kappa shape index (κ1) is 23.1. The van der Waals surface area contributed by atoms with Crippen LogP contribution in [0.15, 0.2) is 53.2 Å². The zero-order chi connectivity index (χ0) is 23.1. The number of amides is 1. The first-order chi connectivity index (χ1) is 15.5. The predicted molar refractivity (Wildman–Crippen MR) is 123 cm³/mol. The number of benzene rings is 2. The molecule has 1 amide bonds. The summed E-state index contributed by atoms with van der Waals surface area (Å²) >= 11 is 6.16. The van der Waals surface area contributed by atoms with Gasteiger partial charge in [0, 0.05) is 29.7 Å². The van der Waals surface area contributed by atoms with Crippen molar-refractivity contribution in [3.05, 3.63) is 64.3 Å². The molecule has 0 saturated carbocycles. The number of ether oxygens (including phenoxy) is 3. The predicted octanol–water partition coefficient (Wildman–Crippen LogP) is 3.90. The van der Waals surface area contributed by atoms with Crippen LogP contribution in [0.4, 0.5) is 5.69 Å². The Balaban J connectivity index is 2.04. The number of anilines is 1. The van der Waals surface area contributed by atoms with Gasteiger partial charge in [0.25, 0.3) is 5.91 Å². The molecule has 3 rings (SSSR count). The Morgan fingerprint density at radius 2 is 2.00 bits per heavy atom. The summed E-state index contributed by atoms with van der Waals surface area (Å²) in [6.07, 6.45) is 2.91. The fourth-order valence-corrected chi connectivity index (χ4v) is 3.33. The van der Waals surface area contributed by atoms with E-state index >= 15 is 0 Å². The van der Waals surface area contributed by atoms with Gasteiger partial charge in [-0.05, 0) is 43.3 Å². The minimum atomic E-state index is -0.572. The molecule has 2 aromatic rings. The molecule has 0 aliphatic carbocycles. The maximum absolute atomic E-state index is 13.5. The van der Waals surface area contributed by atoms with E-state index < -0.39 is 5.97 Å². The van der Waals surface area contributed by atoms with Crippen molar-refractivity contribution in [2.45, 2.75) is 13.5 Å². The molecule has 1 N–H and O–H groups in total. The number of fused-ring (bicyclic) bond motifs is 1. The molecule has 0 spiro atoms. The standard InChI is InChI=1S/C23H24ClN3O5/c1-4-32-23(29)20-9-10-27(13-15-5-7-17(30-2)12-21(15)31-3)22(28)18-11-16(24)6-8-19(18)25-14-26-20/h5-9,11-12,14H,4,10,13H2,1-3H3,(H,25,26). The van der Waals surface area contributed by atoms with Gasteiger partial charge in [-0.2, -0.15) is 0 Å². The molecule has 0 bridgehead atoms. The van der Waals surface area contributed by atoms with Gasteiger partial charge in [-0.3, -0.25) is 4.79 Å². The van der Waals surface area contributed by atoms with Crippen molar-refractivity contribution >= 4 is 35.5 Å². The molecule has 1 heterocycles. The number of carbonyl (C=O) groups is 2. The van der Waals surface area contributed by atoms with Gasteiger partial charge in [0.15, 0.2) is 0 Å². The average molecular weight is 458 g/mol. The number of nitrogens with zero attached hydrogens (tertiary/aromatic N) is 2. The zero-order valence-electron chi connectivity index (χ0n) is 18.1. The van der Waals surface area contributed by atoms with E-state index in [-0.39, 0.29) is 31.3 Å². The molecular weight excluding hydrogens is 434 g/mol. The van der Waals surface area contributed by atoms with Gasteiger partial charge in [0.1, 0.15) is 17.2 Å². The number of halogens is 1. The minimum absolute atomic E-state index is 0.0938. The number of hydrogen-bond acceptors (Lipinski definition) is 7. The molecule has 0 saturated heterocycles. The molecule has 1 aliphatic heterocycles. The molecule has 0 fully saturated rings. The van der Waals surface area contributed by atoms with Gasteiger partial charge in [-0.1, -0.05) is 11.6 Å². The van der Waals surface area contributed by atoms with Crippen LogP contribution in [-0.4, -0.2) is 50.5 Å². The lowest BCUT2D eigenvalue weighted by atomic mass is 10.1. The Hall–Kier alpha value is -3.52.